The molecule has 1 unspecified atom stereocenters. The lowest BCUT2D eigenvalue weighted by molar-refractivity contribution is -0.122. The molecule has 5 heteroatoms. The van der Waals surface area contributed by atoms with Gasteiger partial charge >= 0.3 is 6.61 Å². The lowest BCUT2D eigenvalue weighted by atomic mass is 9.93. The number of hydrogen-bond donors (Lipinski definition) is 1. The predicted molar refractivity (Wildman–Crippen MR) is 73.1 cm³/mol. The summed E-state index contributed by atoms with van der Waals surface area (Å²) in [5.41, 5.74) is 0.839. The third kappa shape index (κ3) is 3.46. The van der Waals surface area contributed by atoms with E-state index in [-0.39, 0.29) is 17.5 Å². The number of morpholine rings is 1. The molecule has 1 aromatic carbocycles. The summed E-state index contributed by atoms with van der Waals surface area (Å²) < 4.78 is 34.8. The number of ether oxygens (including phenoxy) is 2. The molecule has 112 valence electrons. The molecule has 0 aliphatic carbocycles. The highest BCUT2D eigenvalue weighted by molar-refractivity contribution is 5.29. The molecule has 3 nitrogen and oxygen atoms in total. The average molecular weight is 285 g/mol. The first-order valence-corrected chi connectivity index (χ1v) is 7.02. The van der Waals surface area contributed by atoms with Crippen LogP contribution in [-0.4, -0.2) is 25.3 Å². The van der Waals surface area contributed by atoms with E-state index in [1.165, 1.54) is 0 Å². The van der Waals surface area contributed by atoms with Crippen molar-refractivity contribution in [2.24, 2.45) is 0 Å². The van der Waals surface area contributed by atoms with E-state index < -0.39 is 6.61 Å². The van der Waals surface area contributed by atoms with Crippen LogP contribution in [0.5, 0.6) is 5.75 Å². The van der Waals surface area contributed by atoms with Crippen LogP contribution < -0.4 is 10.1 Å². The van der Waals surface area contributed by atoms with Gasteiger partial charge in [-0.15, -0.1) is 0 Å². The number of nitrogens with one attached hydrogen (secondary N) is 1. The standard InChI is InChI=1S/C15H21F2NO2/c1-3-15(4-2)10-18-9-13(20-15)11-5-7-12(8-6-11)19-14(16)17/h5-8,13-14,18H,3-4,9-10H2,1-2H3. The molecule has 20 heavy (non-hydrogen) atoms. The predicted octanol–water partition coefficient (Wildman–Crippen LogP) is 3.51. The van der Waals surface area contributed by atoms with Gasteiger partial charge in [0, 0.05) is 13.1 Å². The van der Waals surface area contributed by atoms with Crippen molar-refractivity contribution in [1.82, 2.24) is 5.32 Å². The highest BCUT2D eigenvalue weighted by atomic mass is 19.3. The summed E-state index contributed by atoms with van der Waals surface area (Å²) in [7, 11) is 0. The molecule has 2 rings (SSSR count). The van der Waals surface area contributed by atoms with Gasteiger partial charge in [0.2, 0.25) is 0 Å². The Kier molecular flexibility index (Phi) is 4.94. The molecule has 0 radical (unpaired) electrons. The third-order valence-corrected chi connectivity index (χ3v) is 3.93. The van der Waals surface area contributed by atoms with Gasteiger partial charge in [0.25, 0.3) is 0 Å². The van der Waals surface area contributed by atoms with Crippen LogP contribution in [0.15, 0.2) is 24.3 Å². The molecule has 1 fully saturated rings. The van der Waals surface area contributed by atoms with E-state index >= 15 is 0 Å². The number of halogens is 2. The molecular formula is C15H21F2NO2. The fourth-order valence-electron chi connectivity index (χ4n) is 2.53. The summed E-state index contributed by atoms with van der Waals surface area (Å²) in [5, 5.41) is 3.40. The normalized spacial score (nSPS) is 21.9. The van der Waals surface area contributed by atoms with Crippen LogP contribution in [0.1, 0.15) is 38.4 Å². The minimum atomic E-state index is -2.79. The van der Waals surface area contributed by atoms with E-state index in [0.29, 0.717) is 0 Å². The number of alkyl halides is 2. The molecule has 1 atom stereocenters. The van der Waals surface area contributed by atoms with Crippen LogP contribution in [-0.2, 0) is 4.74 Å². The summed E-state index contributed by atoms with van der Waals surface area (Å²) in [6, 6.07) is 6.68. The first-order valence-electron chi connectivity index (χ1n) is 7.02. The number of rotatable bonds is 5. The smallest absolute Gasteiger partial charge is 0.387 e. The Hall–Kier alpha value is -1.20. The Bertz CT molecular complexity index is 418. The largest absolute Gasteiger partial charge is 0.435 e. The van der Waals surface area contributed by atoms with Crippen LogP contribution in [0.25, 0.3) is 0 Å². The molecule has 0 spiro atoms. The molecular weight excluding hydrogens is 264 g/mol. The van der Waals surface area contributed by atoms with E-state index in [1.807, 2.05) is 0 Å². The second-order valence-corrected chi connectivity index (χ2v) is 5.08. The molecule has 1 aliphatic rings. The van der Waals surface area contributed by atoms with Crippen molar-refractivity contribution in [2.45, 2.75) is 45.0 Å². The Morgan fingerprint density at radius 3 is 2.50 bits per heavy atom. The molecule has 0 saturated carbocycles. The SMILES string of the molecule is CCC1(CC)CNCC(c2ccc(OC(F)F)cc2)O1. The molecule has 1 saturated heterocycles. The van der Waals surface area contributed by atoms with Crippen molar-refractivity contribution in [3.63, 3.8) is 0 Å². The zero-order chi connectivity index (χ0) is 14.6. The van der Waals surface area contributed by atoms with Crippen LogP contribution in [0.2, 0.25) is 0 Å². The first-order chi connectivity index (χ1) is 9.58. The summed E-state index contributed by atoms with van der Waals surface area (Å²) >= 11 is 0. The molecule has 1 N–H and O–H groups in total. The van der Waals surface area contributed by atoms with Gasteiger partial charge in [0.15, 0.2) is 0 Å². The van der Waals surface area contributed by atoms with Crippen LogP contribution >= 0.6 is 0 Å². The van der Waals surface area contributed by atoms with E-state index in [0.717, 1.165) is 31.5 Å². The lowest BCUT2D eigenvalue weighted by Gasteiger charge is -2.41. The maximum Gasteiger partial charge on any atom is 0.387 e. The molecule has 1 heterocycles. The number of hydrogen-bond acceptors (Lipinski definition) is 3. The van der Waals surface area contributed by atoms with Crippen molar-refractivity contribution < 1.29 is 18.3 Å². The van der Waals surface area contributed by atoms with Crippen LogP contribution in [0, 0.1) is 0 Å². The molecule has 1 aromatic rings. The summed E-state index contributed by atoms with van der Waals surface area (Å²) in [6.45, 7) is 3.03. The van der Waals surface area contributed by atoms with Gasteiger partial charge in [-0.3, -0.25) is 0 Å². The summed E-state index contributed by atoms with van der Waals surface area (Å²) in [6.07, 6.45) is 1.84. The quantitative estimate of drug-likeness (QED) is 0.898. The highest BCUT2D eigenvalue weighted by Crippen LogP contribution is 2.32. The Morgan fingerprint density at radius 1 is 1.30 bits per heavy atom. The van der Waals surface area contributed by atoms with Gasteiger partial charge in [-0.05, 0) is 30.5 Å². The third-order valence-electron chi connectivity index (χ3n) is 3.93. The lowest BCUT2D eigenvalue weighted by Crippen LogP contribution is -2.50. The van der Waals surface area contributed by atoms with Crippen LogP contribution in [0.4, 0.5) is 8.78 Å². The molecule has 0 amide bonds. The summed E-state index contributed by atoms with van der Waals surface area (Å²) in [4.78, 5) is 0. The van der Waals surface area contributed by atoms with Crippen molar-refractivity contribution >= 4 is 0 Å². The van der Waals surface area contributed by atoms with Gasteiger partial charge in [-0.1, -0.05) is 26.0 Å². The van der Waals surface area contributed by atoms with Gasteiger partial charge in [-0.2, -0.15) is 8.78 Å². The molecule has 0 aromatic heterocycles. The van der Waals surface area contributed by atoms with E-state index in [9.17, 15) is 8.78 Å². The van der Waals surface area contributed by atoms with E-state index in [2.05, 4.69) is 23.9 Å². The van der Waals surface area contributed by atoms with Gasteiger partial charge in [0.05, 0.1) is 11.7 Å². The monoisotopic (exact) mass is 285 g/mol. The average Bonchev–Trinajstić information content (AvgIpc) is 2.47. The van der Waals surface area contributed by atoms with Gasteiger partial charge in [-0.25, -0.2) is 0 Å². The molecule has 1 aliphatic heterocycles. The fourth-order valence-corrected chi connectivity index (χ4v) is 2.53. The Labute approximate surface area is 118 Å². The minimum absolute atomic E-state index is 0.0516. The molecule has 0 bridgehead atoms. The van der Waals surface area contributed by atoms with Gasteiger partial charge < -0.3 is 14.8 Å². The van der Waals surface area contributed by atoms with E-state index in [1.54, 1.807) is 24.3 Å². The van der Waals surface area contributed by atoms with Crippen molar-refractivity contribution in [3.8, 4) is 5.75 Å². The highest BCUT2D eigenvalue weighted by Gasteiger charge is 2.34. The van der Waals surface area contributed by atoms with Gasteiger partial charge in [0.1, 0.15) is 5.75 Å². The van der Waals surface area contributed by atoms with Crippen molar-refractivity contribution in [3.05, 3.63) is 29.8 Å². The van der Waals surface area contributed by atoms with E-state index in [4.69, 9.17) is 4.74 Å². The summed E-state index contributed by atoms with van der Waals surface area (Å²) in [5.74, 6) is 0.171. The Balaban J connectivity index is 2.07. The zero-order valence-corrected chi connectivity index (χ0v) is 11.9. The minimum Gasteiger partial charge on any atom is -0.435 e. The Morgan fingerprint density at radius 2 is 1.95 bits per heavy atom. The second-order valence-electron chi connectivity index (χ2n) is 5.08. The van der Waals surface area contributed by atoms with Crippen LogP contribution in [0.3, 0.4) is 0 Å². The second kappa shape index (κ2) is 6.50. The first kappa shape index (κ1) is 15.2. The zero-order valence-electron chi connectivity index (χ0n) is 11.9. The fraction of sp³-hybridized carbons (Fsp3) is 0.600. The topological polar surface area (TPSA) is 30.5 Å². The maximum atomic E-state index is 12.1. The van der Waals surface area contributed by atoms with Crippen molar-refractivity contribution in [1.29, 1.82) is 0 Å². The number of benzene rings is 1. The maximum absolute atomic E-state index is 12.1. The van der Waals surface area contributed by atoms with Crippen molar-refractivity contribution in [2.75, 3.05) is 13.1 Å².